The molecule has 0 saturated heterocycles. The van der Waals surface area contributed by atoms with E-state index >= 15 is 0 Å². The van der Waals surface area contributed by atoms with E-state index in [1.54, 1.807) is 18.2 Å². The quantitative estimate of drug-likeness (QED) is 0.701. The largest absolute Gasteiger partial charge is 0.497 e. The fourth-order valence-corrected chi connectivity index (χ4v) is 5.14. The van der Waals surface area contributed by atoms with Crippen LogP contribution in [0.4, 0.5) is 0 Å². The highest BCUT2D eigenvalue weighted by Crippen LogP contribution is 2.27. The van der Waals surface area contributed by atoms with Gasteiger partial charge in [0.05, 0.1) is 18.0 Å². The van der Waals surface area contributed by atoms with Crippen LogP contribution >= 0.6 is 0 Å². The van der Waals surface area contributed by atoms with Gasteiger partial charge in [0.15, 0.2) is 0 Å². The monoisotopic (exact) mass is 430 g/mol. The van der Waals surface area contributed by atoms with Crippen LogP contribution in [0.15, 0.2) is 53.4 Å². The zero-order valence-corrected chi connectivity index (χ0v) is 18.5. The van der Waals surface area contributed by atoms with Gasteiger partial charge in [0, 0.05) is 18.0 Å². The van der Waals surface area contributed by atoms with Crippen molar-refractivity contribution in [3.63, 3.8) is 0 Å². The van der Waals surface area contributed by atoms with Crippen molar-refractivity contribution in [3.8, 4) is 5.75 Å². The lowest BCUT2D eigenvalue weighted by Crippen LogP contribution is -2.41. The van der Waals surface area contributed by atoms with Crippen LogP contribution in [0, 0.1) is 12.8 Å². The second-order valence-electron chi connectivity index (χ2n) is 7.99. The summed E-state index contributed by atoms with van der Waals surface area (Å²) >= 11 is 0. The molecule has 3 rings (SSSR count). The predicted molar refractivity (Wildman–Crippen MR) is 117 cm³/mol. The molecule has 2 N–H and O–H groups in total. The topological polar surface area (TPSA) is 84.5 Å². The maximum Gasteiger partial charge on any atom is 0.240 e. The minimum Gasteiger partial charge on any atom is -0.497 e. The average molecular weight is 431 g/mol. The van der Waals surface area contributed by atoms with Crippen LogP contribution in [-0.2, 0) is 14.8 Å². The summed E-state index contributed by atoms with van der Waals surface area (Å²) in [5.41, 5.74) is 2.26. The van der Waals surface area contributed by atoms with Crippen LogP contribution in [-0.4, -0.2) is 27.5 Å². The summed E-state index contributed by atoms with van der Waals surface area (Å²) in [6, 6.07) is 14.3. The Kier molecular flexibility index (Phi) is 7.15. The van der Waals surface area contributed by atoms with E-state index in [0.717, 1.165) is 5.56 Å². The van der Waals surface area contributed by atoms with Gasteiger partial charge in [0.2, 0.25) is 15.9 Å². The molecular formula is C23H30N2O4S. The Bertz CT molecular complexity index is 965. The Morgan fingerprint density at radius 1 is 1.07 bits per heavy atom. The highest BCUT2D eigenvalue weighted by Gasteiger charge is 2.29. The van der Waals surface area contributed by atoms with E-state index in [1.807, 2.05) is 38.1 Å². The molecule has 1 saturated carbocycles. The minimum absolute atomic E-state index is 0.0391. The third-order valence-corrected chi connectivity index (χ3v) is 7.23. The van der Waals surface area contributed by atoms with E-state index in [2.05, 4.69) is 10.0 Å². The highest BCUT2D eigenvalue weighted by molar-refractivity contribution is 7.89. The number of methoxy groups -OCH3 is 1. The first kappa shape index (κ1) is 22.3. The van der Waals surface area contributed by atoms with Gasteiger partial charge in [0.25, 0.3) is 0 Å². The predicted octanol–water partition coefficient (Wildman–Crippen LogP) is 3.72. The third kappa shape index (κ3) is 5.61. The van der Waals surface area contributed by atoms with Crippen molar-refractivity contribution in [2.45, 2.75) is 56.5 Å². The van der Waals surface area contributed by atoms with Crippen molar-refractivity contribution in [1.82, 2.24) is 10.0 Å². The van der Waals surface area contributed by atoms with Gasteiger partial charge in [0.1, 0.15) is 5.75 Å². The van der Waals surface area contributed by atoms with Crippen molar-refractivity contribution in [2.75, 3.05) is 7.11 Å². The number of hydrogen-bond acceptors (Lipinski definition) is 4. The van der Waals surface area contributed by atoms with Gasteiger partial charge in [-0.1, -0.05) is 35.9 Å². The number of benzene rings is 2. The maximum absolute atomic E-state index is 12.7. The Hall–Kier alpha value is -2.38. The number of nitrogens with one attached hydrogen (secondary N) is 2. The van der Waals surface area contributed by atoms with E-state index in [9.17, 15) is 13.2 Å². The molecule has 0 radical (unpaired) electrons. The summed E-state index contributed by atoms with van der Waals surface area (Å²) in [7, 11) is -2.11. The molecule has 0 spiro atoms. The Labute approximate surface area is 179 Å². The number of aryl methyl sites for hydroxylation is 1. The summed E-state index contributed by atoms with van der Waals surface area (Å²) in [6.45, 7) is 4.02. The molecule has 1 aliphatic carbocycles. The molecule has 0 heterocycles. The number of ether oxygens (including phenoxy) is 1. The lowest BCUT2D eigenvalue weighted by atomic mass is 9.85. The van der Waals surface area contributed by atoms with Crippen LogP contribution in [0.25, 0.3) is 0 Å². The molecule has 0 bridgehead atoms. The molecule has 0 unspecified atom stereocenters. The summed E-state index contributed by atoms with van der Waals surface area (Å²) in [5.74, 6) is 0.452. The van der Waals surface area contributed by atoms with E-state index in [1.165, 1.54) is 18.7 Å². The van der Waals surface area contributed by atoms with E-state index < -0.39 is 10.0 Å². The number of sulfonamides is 1. The lowest BCUT2D eigenvalue weighted by Gasteiger charge is -2.29. The zero-order valence-electron chi connectivity index (χ0n) is 17.7. The first-order chi connectivity index (χ1) is 14.3. The van der Waals surface area contributed by atoms with Gasteiger partial charge in [-0.05, 0) is 57.2 Å². The SMILES string of the molecule is COc1cccc(S(=O)(=O)N[C@H]2CC[C@H](C(=O)N[C@H](C)c3ccc(C)cc3)CC2)c1. The van der Waals surface area contributed by atoms with Gasteiger partial charge in [-0.15, -0.1) is 0 Å². The number of rotatable bonds is 7. The molecule has 0 aliphatic heterocycles. The smallest absolute Gasteiger partial charge is 0.240 e. The van der Waals surface area contributed by atoms with Crippen LogP contribution in [0.1, 0.15) is 49.8 Å². The fourth-order valence-electron chi connectivity index (χ4n) is 3.80. The molecular weight excluding hydrogens is 400 g/mol. The molecule has 1 fully saturated rings. The number of carbonyl (C=O) groups excluding carboxylic acids is 1. The third-order valence-electron chi connectivity index (χ3n) is 5.71. The van der Waals surface area contributed by atoms with Crippen LogP contribution in [0.3, 0.4) is 0 Å². The molecule has 6 nitrogen and oxygen atoms in total. The standard InChI is InChI=1S/C23H30N2O4S/c1-16-7-9-18(10-8-16)17(2)24-23(26)19-11-13-20(14-12-19)25-30(27,28)22-6-4-5-21(15-22)29-3/h4-10,15,17,19-20,25H,11-14H2,1-3H3,(H,24,26)/t17-,19-,20-/m1/s1. The van der Waals surface area contributed by atoms with Crippen molar-refractivity contribution < 1.29 is 17.9 Å². The highest BCUT2D eigenvalue weighted by atomic mass is 32.2. The Morgan fingerprint density at radius 2 is 1.73 bits per heavy atom. The van der Waals surface area contributed by atoms with Crippen LogP contribution in [0.5, 0.6) is 5.75 Å². The Morgan fingerprint density at radius 3 is 2.37 bits per heavy atom. The van der Waals surface area contributed by atoms with Gasteiger partial charge >= 0.3 is 0 Å². The number of carbonyl (C=O) groups is 1. The van der Waals surface area contributed by atoms with Gasteiger partial charge in [-0.2, -0.15) is 0 Å². The van der Waals surface area contributed by atoms with Crippen molar-refractivity contribution in [1.29, 1.82) is 0 Å². The molecule has 30 heavy (non-hydrogen) atoms. The minimum atomic E-state index is -3.62. The average Bonchev–Trinajstić information content (AvgIpc) is 2.74. The normalized spacial score (nSPS) is 20.4. The first-order valence-electron chi connectivity index (χ1n) is 10.3. The van der Waals surface area contributed by atoms with Crippen LogP contribution < -0.4 is 14.8 Å². The zero-order chi connectivity index (χ0) is 21.7. The summed E-state index contributed by atoms with van der Waals surface area (Å²) in [5, 5.41) is 3.10. The molecule has 1 atom stereocenters. The second-order valence-corrected chi connectivity index (χ2v) is 9.70. The fraction of sp³-hybridized carbons (Fsp3) is 0.435. The van der Waals surface area contributed by atoms with Gasteiger partial charge in [-0.25, -0.2) is 13.1 Å². The Balaban J connectivity index is 1.52. The molecule has 2 aromatic rings. The van der Waals surface area contributed by atoms with E-state index in [4.69, 9.17) is 4.74 Å². The molecule has 7 heteroatoms. The summed E-state index contributed by atoms with van der Waals surface area (Å²) < 4.78 is 33.2. The maximum atomic E-state index is 12.7. The lowest BCUT2D eigenvalue weighted by molar-refractivity contribution is -0.126. The molecule has 0 aromatic heterocycles. The van der Waals surface area contributed by atoms with E-state index in [-0.39, 0.29) is 28.8 Å². The van der Waals surface area contributed by atoms with Crippen molar-refractivity contribution >= 4 is 15.9 Å². The molecule has 1 aliphatic rings. The second kappa shape index (κ2) is 9.62. The summed E-state index contributed by atoms with van der Waals surface area (Å²) in [6.07, 6.45) is 2.61. The molecule has 162 valence electrons. The summed E-state index contributed by atoms with van der Waals surface area (Å²) in [4.78, 5) is 12.9. The van der Waals surface area contributed by atoms with Crippen molar-refractivity contribution in [2.24, 2.45) is 5.92 Å². The molecule has 2 aromatic carbocycles. The van der Waals surface area contributed by atoms with Crippen molar-refractivity contribution in [3.05, 3.63) is 59.7 Å². The number of hydrogen-bond donors (Lipinski definition) is 2. The van der Waals surface area contributed by atoms with Gasteiger partial charge < -0.3 is 10.1 Å². The first-order valence-corrected chi connectivity index (χ1v) is 11.8. The van der Waals surface area contributed by atoms with Gasteiger partial charge in [-0.3, -0.25) is 4.79 Å². The van der Waals surface area contributed by atoms with Crippen LogP contribution in [0.2, 0.25) is 0 Å². The van der Waals surface area contributed by atoms with E-state index in [0.29, 0.717) is 31.4 Å². The molecule has 1 amide bonds. The number of amides is 1.